The lowest BCUT2D eigenvalue weighted by Crippen LogP contribution is -2.43. The first-order valence-corrected chi connectivity index (χ1v) is 6.02. The fourth-order valence-electron chi connectivity index (χ4n) is 2.10. The number of amides is 2. The van der Waals surface area contributed by atoms with Crippen molar-refractivity contribution >= 4 is 33.5 Å². The minimum Gasteiger partial charge on any atom is -0.304 e. The number of rotatable bonds is 0. The summed E-state index contributed by atoms with van der Waals surface area (Å²) in [5.74, 6) is 0.0976. The molecule has 0 radical (unpaired) electrons. The summed E-state index contributed by atoms with van der Waals surface area (Å²) in [6.45, 7) is 2.46. The highest BCUT2D eigenvalue weighted by molar-refractivity contribution is 9.10. The molecule has 0 saturated heterocycles. The van der Waals surface area contributed by atoms with Gasteiger partial charge in [-0.25, -0.2) is 9.18 Å². The largest absolute Gasteiger partial charge is 0.327 e. The molecule has 2 aliphatic heterocycles. The molecule has 0 spiro atoms. The molecule has 0 unspecified atom stereocenters. The number of urea groups is 1. The maximum atomic E-state index is 13.9. The fraction of sp³-hybridized carbons (Fsp3) is 0.273. The van der Waals surface area contributed by atoms with Crippen LogP contribution in [0.25, 0.3) is 0 Å². The predicted octanol–water partition coefficient (Wildman–Crippen LogP) is 2.58. The lowest BCUT2D eigenvalue weighted by molar-refractivity contribution is 0.234. The number of carbonyl (C=O) groups is 1. The van der Waals surface area contributed by atoms with Crippen LogP contribution < -0.4 is 5.32 Å². The van der Waals surface area contributed by atoms with Gasteiger partial charge >= 0.3 is 6.03 Å². The van der Waals surface area contributed by atoms with Gasteiger partial charge in [0.2, 0.25) is 0 Å². The summed E-state index contributed by atoms with van der Waals surface area (Å²) >= 11 is 3.10. The number of carbonyl (C=O) groups excluding carboxylic acids is 1. The van der Waals surface area contributed by atoms with Crippen LogP contribution in [0.3, 0.4) is 0 Å². The number of halogens is 2. The van der Waals surface area contributed by atoms with Gasteiger partial charge < -0.3 is 5.32 Å². The highest BCUT2D eigenvalue weighted by Crippen LogP contribution is 2.33. The molecule has 0 fully saturated rings. The van der Waals surface area contributed by atoms with Gasteiger partial charge in [0.1, 0.15) is 5.84 Å². The maximum Gasteiger partial charge on any atom is 0.327 e. The van der Waals surface area contributed by atoms with Gasteiger partial charge in [-0.3, -0.25) is 9.89 Å². The molecule has 1 aromatic rings. The first-order chi connectivity index (χ1) is 8.08. The van der Waals surface area contributed by atoms with E-state index in [0.717, 1.165) is 0 Å². The van der Waals surface area contributed by atoms with Gasteiger partial charge in [-0.15, -0.1) is 0 Å². The first kappa shape index (κ1) is 10.7. The Morgan fingerprint density at radius 1 is 1.59 bits per heavy atom. The van der Waals surface area contributed by atoms with Crippen molar-refractivity contribution in [1.82, 2.24) is 4.90 Å². The maximum absolute atomic E-state index is 13.9. The van der Waals surface area contributed by atoms with E-state index in [9.17, 15) is 9.18 Å². The highest BCUT2D eigenvalue weighted by atomic mass is 79.9. The second kappa shape index (κ2) is 3.53. The highest BCUT2D eigenvalue weighted by Gasteiger charge is 2.35. The summed E-state index contributed by atoms with van der Waals surface area (Å²) in [5, 5.41) is 2.56. The van der Waals surface area contributed by atoms with Crippen LogP contribution >= 0.6 is 15.9 Å². The average Bonchev–Trinajstić information content (AvgIpc) is 2.67. The van der Waals surface area contributed by atoms with E-state index < -0.39 is 5.82 Å². The van der Waals surface area contributed by atoms with Crippen molar-refractivity contribution in [3.8, 4) is 0 Å². The minimum absolute atomic E-state index is 0.0495. The Balaban J connectivity index is 2.22. The Morgan fingerprint density at radius 3 is 3.12 bits per heavy atom. The smallest absolute Gasteiger partial charge is 0.304 e. The van der Waals surface area contributed by atoms with Crippen molar-refractivity contribution in [3.05, 3.63) is 28.0 Å². The molecular formula is C11H9BrFN3O. The van der Waals surface area contributed by atoms with Crippen LogP contribution in [0.1, 0.15) is 12.5 Å². The zero-order valence-electron chi connectivity index (χ0n) is 9.00. The molecule has 1 atom stereocenters. The van der Waals surface area contributed by atoms with Crippen molar-refractivity contribution in [2.75, 3.05) is 11.9 Å². The van der Waals surface area contributed by atoms with Crippen LogP contribution in [-0.2, 0) is 0 Å². The predicted molar refractivity (Wildman–Crippen MR) is 65.8 cm³/mol. The first-order valence-electron chi connectivity index (χ1n) is 5.22. The molecule has 1 aromatic carbocycles. The summed E-state index contributed by atoms with van der Waals surface area (Å²) in [7, 11) is 0. The van der Waals surface area contributed by atoms with Crippen LogP contribution in [0.15, 0.2) is 21.6 Å². The van der Waals surface area contributed by atoms with Crippen LogP contribution in [0.2, 0.25) is 0 Å². The minimum atomic E-state index is -0.460. The Labute approximate surface area is 106 Å². The van der Waals surface area contributed by atoms with Crippen molar-refractivity contribution in [2.24, 2.45) is 4.99 Å². The molecule has 6 heteroatoms. The van der Waals surface area contributed by atoms with Crippen LogP contribution in [-0.4, -0.2) is 29.4 Å². The molecule has 4 nitrogen and oxygen atoms in total. The molecule has 0 aliphatic carbocycles. The average molecular weight is 298 g/mol. The third kappa shape index (κ3) is 1.47. The van der Waals surface area contributed by atoms with Gasteiger partial charge in [-0.1, -0.05) is 0 Å². The standard InChI is InChI=1S/C11H9BrFN3O/c1-5-4-16-10(14-5)6-2-3-7(12)8(13)9(6)15-11(16)17/h2-3,5H,4H2,1H3,(H,15,17)/t5-/m1/s1. The fourth-order valence-corrected chi connectivity index (χ4v) is 2.43. The normalized spacial score (nSPS) is 21.8. The van der Waals surface area contributed by atoms with Gasteiger partial charge in [0, 0.05) is 5.56 Å². The zero-order valence-corrected chi connectivity index (χ0v) is 10.6. The van der Waals surface area contributed by atoms with Gasteiger partial charge in [0.15, 0.2) is 5.82 Å². The topological polar surface area (TPSA) is 44.7 Å². The Kier molecular flexibility index (Phi) is 2.22. The van der Waals surface area contributed by atoms with E-state index in [2.05, 4.69) is 26.2 Å². The lowest BCUT2D eigenvalue weighted by atomic mass is 10.1. The number of benzene rings is 1. The third-order valence-electron chi connectivity index (χ3n) is 2.86. The van der Waals surface area contributed by atoms with Crippen molar-refractivity contribution < 1.29 is 9.18 Å². The van der Waals surface area contributed by atoms with Gasteiger partial charge in [0.25, 0.3) is 0 Å². The molecule has 0 saturated carbocycles. The molecule has 0 bridgehead atoms. The molecular weight excluding hydrogens is 289 g/mol. The number of hydrogen-bond acceptors (Lipinski definition) is 2. The number of aliphatic imine (C=N–C) groups is 1. The van der Waals surface area contributed by atoms with Crippen molar-refractivity contribution in [1.29, 1.82) is 0 Å². The Bertz CT molecular complexity index is 558. The molecule has 1 N–H and O–H groups in total. The molecule has 0 aromatic heterocycles. The van der Waals surface area contributed by atoms with E-state index in [-0.39, 0.29) is 17.8 Å². The van der Waals surface area contributed by atoms with Crippen LogP contribution in [0, 0.1) is 5.82 Å². The second-order valence-corrected chi connectivity index (χ2v) is 4.98. The van der Waals surface area contributed by atoms with E-state index in [0.29, 0.717) is 22.4 Å². The third-order valence-corrected chi connectivity index (χ3v) is 3.47. The number of amidine groups is 1. The van der Waals surface area contributed by atoms with E-state index >= 15 is 0 Å². The molecule has 3 rings (SSSR count). The van der Waals surface area contributed by atoms with Crippen molar-refractivity contribution in [3.63, 3.8) is 0 Å². The number of fused-ring (bicyclic) bond motifs is 3. The number of anilines is 1. The number of hydrogen-bond donors (Lipinski definition) is 1. The van der Waals surface area contributed by atoms with Crippen LogP contribution in [0.5, 0.6) is 0 Å². The molecule has 2 heterocycles. The number of nitrogens with zero attached hydrogens (tertiary/aromatic N) is 2. The lowest BCUT2D eigenvalue weighted by Gasteiger charge is -2.27. The monoisotopic (exact) mass is 297 g/mol. The summed E-state index contributed by atoms with van der Waals surface area (Å²) in [6.07, 6.45) is 0. The summed E-state index contributed by atoms with van der Waals surface area (Å²) in [4.78, 5) is 17.7. The molecule has 2 amide bonds. The van der Waals surface area contributed by atoms with Gasteiger partial charge in [0.05, 0.1) is 22.7 Å². The zero-order chi connectivity index (χ0) is 12.2. The summed E-state index contributed by atoms with van der Waals surface area (Å²) < 4.78 is 14.2. The Morgan fingerprint density at radius 2 is 2.35 bits per heavy atom. The van der Waals surface area contributed by atoms with E-state index in [1.807, 2.05) is 6.92 Å². The quantitative estimate of drug-likeness (QED) is 0.786. The Hall–Kier alpha value is -1.43. The summed E-state index contributed by atoms with van der Waals surface area (Å²) in [5.41, 5.74) is 0.836. The SMILES string of the molecule is C[C@@H]1CN2C(=O)Nc3c(ccc(Br)c3F)C2=N1. The molecule has 88 valence electrons. The second-order valence-electron chi connectivity index (χ2n) is 4.13. The van der Waals surface area contributed by atoms with E-state index in [1.165, 1.54) is 0 Å². The van der Waals surface area contributed by atoms with Crippen molar-refractivity contribution in [2.45, 2.75) is 13.0 Å². The van der Waals surface area contributed by atoms with Crippen LogP contribution in [0.4, 0.5) is 14.9 Å². The number of nitrogens with one attached hydrogen (secondary N) is 1. The van der Waals surface area contributed by atoms with Gasteiger partial charge in [-0.05, 0) is 35.0 Å². The molecule has 17 heavy (non-hydrogen) atoms. The summed E-state index contributed by atoms with van der Waals surface area (Å²) in [6, 6.07) is 3.10. The van der Waals surface area contributed by atoms with E-state index in [1.54, 1.807) is 17.0 Å². The molecule has 2 aliphatic rings. The van der Waals surface area contributed by atoms with E-state index in [4.69, 9.17) is 0 Å². The van der Waals surface area contributed by atoms with Gasteiger partial charge in [-0.2, -0.15) is 0 Å².